The number of rotatable bonds is 7. The first-order valence-corrected chi connectivity index (χ1v) is 17.6. The Morgan fingerprint density at radius 3 is 2.84 bits per heavy atom. The van der Waals surface area contributed by atoms with Gasteiger partial charge in [-0.2, -0.15) is 5.10 Å². The van der Waals surface area contributed by atoms with Crippen LogP contribution in [0.1, 0.15) is 31.4 Å². The van der Waals surface area contributed by atoms with Crippen molar-refractivity contribution in [3.8, 4) is 0 Å². The Hall–Kier alpha value is -3.15. The van der Waals surface area contributed by atoms with Gasteiger partial charge in [0.1, 0.15) is 6.73 Å². The predicted molar refractivity (Wildman–Crippen MR) is 153 cm³/mol. The molecule has 3 aromatic heterocycles. The minimum Gasteiger partial charge on any atom is -0.360 e. The molecule has 38 heavy (non-hydrogen) atoms. The summed E-state index contributed by atoms with van der Waals surface area (Å²) in [4.78, 5) is 37.2. The topological polar surface area (TPSA) is 102 Å². The summed E-state index contributed by atoms with van der Waals surface area (Å²) in [7, 11) is -1.21. The first kappa shape index (κ1) is 26.5. The summed E-state index contributed by atoms with van der Waals surface area (Å²) < 4.78 is 8.70. The Balaban J connectivity index is 1.34. The molecule has 1 saturated heterocycles. The first-order valence-electron chi connectivity index (χ1n) is 13.0. The third-order valence-electron chi connectivity index (χ3n) is 7.01. The second kappa shape index (κ2) is 10.9. The molecule has 4 heterocycles. The number of aromatic nitrogens is 4. The molecule has 1 aliphatic heterocycles. The molecule has 9 nitrogen and oxygen atoms in total. The number of fused-ring (bicyclic) bond motifs is 2. The van der Waals surface area contributed by atoms with E-state index >= 15 is 0 Å². The van der Waals surface area contributed by atoms with Crippen molar-refractivity contribution < 1.29 is 14.3 Å². The Morgan fingerprint density at radius 2 is 2.03 bits per heavy atom. The Labute approximate surface area is 227 Å². The Kier molecular flexibility index (Phi) is 7.60. The number of amides is 2. The average Bonchev–Trinajstić information content (AvgIpc) is 3.52. The summed E-state index contributed by atoms with van der Waals surface area (Å²) in [5.74, 6) is -0.916. The third kappa shape index (κ3) is 5.79. The highest BCUT2D eigenvalue weighted by Gasteiger charge is 2.34. The lowest BCUT2D eigenvalue weighted by Crippen LogP contribution is -2.46. The molecule has 2 atom stereocenters. The van der Waals surface area contributed by atoms with Crippen molar-refractivity contribution in [3.05, 3.63) is 47.9 Å². The Morgan fingerprint density at radius 1 is 1.18 bits per heavy atom. The molecule has 0 bridgehead atoms. The van der Waals surface area contributed by atoms with E-state index in [-0.39, 0.29) is 12.8 Å². The van der Waals surface area contributed by atoms with Gasteiger partial charge in [-0.25, -0.2) is 9.67 Å². The highest BCUT2D eigenvalue weighted by atomic mass is 32.1. The van der Waals surface area contributed by atoms with Gasteiger partial charge in [0.25, 0.3) is 0 Å². The van der Waals surface area contributed by atoms with Gasteiger partial charge in [-0.15, -0.1) is 11.3 Å². The number of thiazole rings is 1. The van der Waals surface area contributed by atoms with Crippen LogP contribution in [-0.4, -0.2) is 57.7 Å². The van der Waals surface area contributed by atoms with Crippen LogP contribution in [0, 0.1) is 5.92 Å². The number of hydrogen-bond acceptors (Lipinski definition) is 7. The number of hydrogen-bond donors (Lipinski definition) is 1. The van der Waals surface area contributed by atoms with Crippen molar-refractivity contribution in [1.82, 2.24) is 24.6 Å². The van der Waals surface area contributed by atoms with Crippen molar-refractivity contribution in [2.24, 2.45) is 5.92 Å². The van der Waals surface area contributed by atoms with E-state index in [1.807, 2.05) is 23.7 Å². The third-order valence-corrected chi connectivity index (χ3v) is 9.52. The maximum absolute atomic E-state index is 13.5. The van der Waals surface area contributed by atoms with Crippen molar-refractivity contribution in [2.45, 2.75) is 58.2 Å². The zero-order chi connectivity index (χ0) is 26.9. The molecule has 0 spiro atoms. The van der Waals surface area contributed by atoms with E-state index in [4.69, 9.17) is 4.74 Å². The van der Waals surface area contributed by atoms with Gasteiger partial charge in [-0.1, -0.05) is 32.6 Å². The number of pyridine rings is 1. The van der Waals surface area contributed by atoms with Gasteiger partial charge in [-0.3, -0.25) is 14.6 Å². The smallest absolute Gasteiger partial charge is 0.314 e. The molecule has 1 N–H and O–H groups in total. The molecule has 0 aliphatic carbocycles. The van der Waals surface area contributed by atoms with Gasteiger partial charge in [0.15, 0.2) is 0 Å². The zero-order valence-electron chi connectivity index (χ0n) is 22.3. The van der Waals surface area contributed by atoms with E-state index in [1.165, 1.54) is 0 Å². The fourth-order valence-electron chi connectivity index (χ4n) is 4.87. The van der Waals surface area contributed by atoms with Crippen LogP contribution in [-0.2, 0) is 21.1 Å². The summed E-state index contributed by atoms with van der Waals surface area (Å²) >= 11 is 1.59. The molecule has 0 radical (unpaired) electrons. The van der Waals surface area contributed by atoms with Gasteiger partial charge >= 0.3 is 11.8 Å². The fraction of sp³-hybridized carbons (Fsp3) is 0.444. The molecular formula is C27H34N6O3SSi. The van der Waals surface area contributed by atoms with Gasteiger partial charge in [0.2, 0.25) is 0 Å². The van der Waals surface area contributed by atoms with Crippen LogP contribution >= 0.6 is 11.3 Å². The maximum atomic E-state index is 13.5. The number of carbonyl (C=O) groups is 2. The van der Waals surface area contributed by atoms with E-state index in [0.717, 1.165) is 40.1 Å². The highest BCUT2D eigenvalue weighted by Crippen LogP contribution is 2.35. The summed E-state index contributed by atoms with van der Waals surface area (Å²) in [5.41, 5.74) is 4.88. The normalized spacial score (nSPS) is 18.3. The van der Waals surface area contributed by atoms with E-state index in [0.29, 0.717) is 30.3 Å². The average molecular weight is 551 g/mol. The van der Waals surface area contributed by atoms with Gasteiger partial charge < -0.3 is 15.0 Å². The van der Waals surface area contributed by atoms with Gasteiger partial charge in [-0.05, 0) is 42.5 Å². The molecule has 1 aliphatic rings. The highest BCUT2D eigenvalue weighted by molar-refractivity contribution is 7.16. The number of anilines is 1. The van der Waals surface area contributed by atoms with Crippen LogP contribution < -0.4 is 5.32 Å². The van der Waals surface area contributed by atoms with Gasteiger partial charge in [0.05, 0.1) is 45.4 Å². The first-order chi connectivity index (χ1) is 18.2. The largest absolute Gasteiger partial charge is 0.360 e. The molecular weight excluding hydrogens is 516 g/mol. The number of piperidine rings is 1. The lowest BCUT2D eigenvalue weighted by Gasteiger charge is -2.38. The molecule has 4 aromatic rings. The number of nitrogens with zero attached hydrogens (tertiary/aromatic N) is 5. The molecule has 1 aromatic carbocycles. The second-order valence-corrected chi connectivity index (χ2v) is 17.8. The molecule has 1 fully saturated rings. The molecule has 5 rings (SSSR count). The van der Waals surface area contributed by atoms with Crippen LogP contribution in [0.4, 0.5) is 5.69 Å². The minimum atomic E-state index is -1.21. The monoisotopic (exact) mass is 550 g/mol. The van der Waals surface area contributed by atoms with E-state index < -0.39 is 19.9 Å². The number of ether oxygens (including phenoxy) is 1. The zero-order valence-corrected chi connectivity index (χ0v) is 24.1. The van der Waals surface area contributed by atoms with Crippen molar-refractivity contribution in [3.63, 3.8) is 0 Å². The molecule has 2 amide bonds. The maximum Gasteiger partial charge on any atom is 0.314 e. The summed E-state index contributed by atoms with van der Waals surface area (Å²) in [5, 5.41) is 8.02. The number of carbonyl (C=O) groups excluding carboxylic acids is 2. The van der Waals surface area contributed by atoms with Crippen LogP contribution in [0.15, 0.2) is 42.3 Å². The van der Waals surface area contributed by atoms with E-state index in [9.17, 15) is 9.59 Å². The number of likely N-dealkylation sites (tertiary alicyclic amines) is 1. The van der Waals surface area contributed by atoms with E-state index in [2.05, 4.69) is 46.9 Å². The molecule has 200 valence electrons. The SMILES string of the molecule is C[C@H]1CC[C@H](c2ccc3scnc3c2)N(C(=O)C(=O)Nc2cncc3cnn(COCC[Si](C)(C)C)c23)C1. The van der Waals surface area contributed by atoms with Crippen LogP contribution in [0.3, 0.4) is 0 Å². The molecule has 0 saturated carbocycles. The standard InChI is InChI=1S/C27H34N6O3SSi/c1-18-5-7-23(19-6-8-24-21(11-19)29-16-37-24)32(15-18)27(35)26(34)31-22-14-28-12-20-13-30-33(25(20)22)17-36-9-10-38(2,3)4/h6,8,11-14,16,18,23H,5,7,9-10,15,17H2,1-4H3,(H,31,34)/t18-,23+/m0/s1. The predicted octanol–water partition coefficient (Wildman–Crippen LogP) is 5.29. The van der Waals surface area contributed by atoms with Gasteiger partial charge in [0, 0.05) is 32.8 Å². The molecule has 0 unspecified atom stereocenters. The quantitative estimate of drug-likeness (QED) is 0.191. The van der Waals surface area contributed by atoms with Crippen LogP contribution in [0.2, 0.25) is 25.7 Å². The van der Waals surface area contributed by atoms with Crippen molar-refractivity contribution in [2.75, 3.05) is 18.5 Å². The number of nitrogens with one attached hydrogen (secondary N) is 1. The minimum absolute atomic E-state index is 0.172. The molecule has 11 heteroatoms. The number of benzene rings is 1. The van der Waals surface area contributed by atoms with Crippen LogP contribution in [0.5, 0.6) is 0 Å². The summed E-state index contributed by atoms with van der Waals surface area (Å²) in [6.07, 6.45) is 6.73. The summed E-state index contributed by atoms with van der Waals surface area (Å²) in [6, 6.07) is 7.01. The fourth-order valence-corrected chi connectivity index (χ4v) is 6.29. The van der Waals surface area contributed by atoms with E-state index in [1.54, 1.807) is 39.5 Å². The van der Waals surface area contributed by atoms with Crippen molar-refractivity contribution >= 4 is 58.0 Å². The van der Waals surface area contributed by atoms with Crippen LogP contribution in [0.25, 0.3) is 21.1 Å². The lowest BCUT2D eigenvalue weighted by molar-refractivity contribution is -0.146. The lowest BCUT2D eigenvalue weighted by atomic mass is 9.89. The van der Waals surface area contributed by atoms with Crippen molar-refractivity contribution in [1.29, 1.82) is 0 Å². The summed E-state index contributed by atoms with van der Waals surface area (Å²) in [6.45, 7) is 10.5. The second-order valence-electron chi connectivity index (χ2n) is 11.3. The Bertz CT molecular complexity index is 1460.